The van der Waals surface area contributed by atoms with Crippen LogP contribution in [0.5, 0.6) is 5.75 Å². The number of carbonyl (C=O) groups is 2. The van der Waals surface area contributed by atoms with Crippen LogP contribution in [-0.4, -0.2) is 84.9 Å². The smallest absolute Gasteiger partial charge is 0.225 e. The number of likely N-dealkylation sites (tertiary alicyclic amines) is 1. The zero-order valence-corrected chi connectivity index (χ0v) is 18.2. The van der Waals surface area contributed by atoms with Gasteiger partial charge < -0.3 is 14.5 Å². The van der Waals surface area contributed by atoms with Crippen molar-refractivity contribution in [3.05, 3.63) is 29.8 Å². The molecule has 1 aromatic rings. The van der Waals surface area contributed by atoms with Crippen LogP contribution in [0.3, 0.4) is 0 Å². The van der Waals surface area contributed by atoms with Gasteiger partial charge >= 0.3 is 0 Å². The van der Waals surface area contributed by atoms with Crippen molar-refractivity contribution in [3.8, 4) is 5.75 Å². The highest BCUT2D eigenvalue weighted by Gasteiger charge is 2.34. The van der Waals surface area contributed by atoms with Gasteiger partial charge in [0.25, 0.3) is 0 Å². The van der Waals surface area contributed by atoms with Gasteiger partial charge in [-0.05, 0) is 69.8 Å². The molecule has 4 rings (SSSR count). The molecule has 0 spiro atoms. The first kappa shape index (κ1) is 21.3. The van der Waals surface area contributed by atoms with Crippen LogP contribution < -0.4 is 4.74 Å². The minimum Gasteiger partial charge on any atom is -0.494 e. The third-order valence-electron chi connectivity index (χ3n) is 6.70. The normalized spacial score (nSPS) is 23.0. The molecule has 0 unspecified atom stereocenters. The SMILES string of the molecule is C[C@@H]1CCCN1CCCOc1ccc(C(=O)CN2CCN(C(=O)C3CC3)CC2)cc1. The lowest BCUT2D eigenvalue weighted by Crippen LogP contribution is -2.50. The molecule has 0 radical (unpaired) electrons. The minimum atomic E-state index is 0.131. The van der Waals surface area contributed by atoms with Crippen LogP contribution in [0.25, 0.3) is 0 Å². The van der Waals surface area contributed by atoms with Crippen LogP contribution in [0, 0.1) is 5.92 Å². The zero-order valence-electron chi connectivity index (χ0n) is 18.2. The highest BCUT2D eigenvalue weighted by molar-refractivity contribution is 5.97. The summed E-state index contributed by atoms with van der Waals surface area (Å²) in [6, 6.07) is 8.24. The molecule has 0 bridgehead atoms. The number of carbonyl (C=O) groups excluding carboxylic acids is 2. The molecule has 2 saturated heterocycles. The molecule has 1 amide bonds. The number of hydrogen-bond donors (Lipinski definition) is 0. The number of benzene rings is 1. The summed E-state index contributed by atoms with van der Waals surface area (Å²) in [4.78, 5) is 31.4. The fourth-order valence-electron chi connectivity index (χ4n) is 4.53. The van der Waals surface area contributed by atoms with Gasteiger partial charge in [-0.3, -0.25) is 14.5 Å². The lowest BCUT2D eigenvalue weighted by Gasteiger charge is -2.34. The summed E-state index contributed by atoms with van der Waals surface area (Å²) in [7, 11) is 0. The first-order chi connectivity index (χ1) is 14.6. The van der Waals surface area contributed by atoms with Crippen LogP contribution in [0.4, 0.5) is 0 Å². The van der Waals surface area contributed by atoms with Gasteiger partial charge in [-0.1, -0.05) is 0 Å². The van der Waals surface area contributed by atoms with Crippen molar-refractivity contribution >= 4 is 11.7 Å². The van der Waals surface area contributed by atoms with Crippen molar-refractivity contribution in [2.75, 3.05) is 52.4 Å². The Morgan fingerprint density at radius 2 is 1.73 bits per heavy atom. The Hall–Kier alpha value is -1.92. The second-order valence-electron chi connectivity index (χ2n) is 9.05. The van der Waals surface area contributed by atoms with Gasteiger partial charge in [0, 0.05) is 50.2 Å². The van der Waals surface area contributed by atoms with Gasteiger partial charge in [0.15, 0.2) is 5.78 Å². The maximum Gasteiger partial charge on any atom is 0.225 e. The number of Topliss-reactive ketones (excluding diaryl/α,β-unsaturated/α-hetero) is 1. The van der Waals surface area contributed by atoms with Crippen molar-refractivity contribution < 1.29 is 14.3 Å². The Kier molecular flexibility index (Phi) is 7.05. The average molecular weight is 414 g/mol. The van der Waals surface area contributed by atoms with Gasteiger partial charge in [-0.25, -0.2) is 0 Å². The molecule has 0 N–H and O–H groups in total. The molecule has 2 aliphatic heterocycles. The van der Waals surface area contributed by atoms with Gasteiger partial charge in [0.05, 0.1) is 13.2 Å². The van der Waals surface area contributed by atoms with E-state index in [-0.39, 0.29) is 11.7 Å². The summed E-state index contributed by atoms with van der Waals surface area (Å²) in [6.45, 7) is 8.78. The van der Waals surface area contributed by atoms with Gasteiger partial charge in [-0.2, -0.15) is 0 Å². The maximum absolute atomic E-state index is 12.6. The number of hydrogen-bond acceptors (Lipinski definition) is 5. The molecule has 6 heteroatoms. The highest BCUT2D eigenvalue weighted by Crippen LogP contribution is 2.31. The molecule has 1 saturated carbocycles. The van der Waals surface area contributed by atoms with Crippen molar-refractivity contribution in [1.82, 2.24) is 14.7 Å². The second-order valence-corrected chi connectivity index (χ2v) is 9.05. The molecular formula is C24H35N3O3. The van der Waals surface area contributed by atoms with E-state index in [9.17, 15) is 9.59 Å². The number of ketones is 1. The third kappa shape index (κ3) is 5.61. The summed E-state index contributed by atoms with van der Waals surface area (Å²) in [5.41, 5.74) is 0.727. The van der Waals surface area contributed by atoms with Crippen LogP contribution >= 0.6 is 0 Å². The molecule has 3 aliphatic rings. The van der Waals surface area contributed by atoms with E-state index in [2.05, 4.69) is 16.7 Å². The van der Waals surface area contributed by atoms with Crippen LogP contribution in [0.1, 0.15) is 49.4 Å². The van der Waals surface area contributed by atoms with Gasteiger partial charge in [0.2, 0.25) is 5.91 Å². The largest absolute Gasteiger partial charge is 0.494 e. The Morgan fingerprint density at radius 1 is 1.00 bits per heavy atom. The molecular weight excluding hydrogens is 378 g/mol. The van der Waals surface area contributed by atoms with E-state index in [0.717, 1.165) is 63.3 Å². The lowest BCUT2D eigenvalue weighted by molar-refractivity contribution is -0.134. The summed E-state index contributed by atoms with van der Waals surface area (Å²) in [5, 5.41) is 0. The fraction of sp³-hybridized carbons (Fsp3) is 0.667. The van der Waals surface area contributed by atoms with E-state index in [4.69, 9.17) is 4.74 Å². The standard InChI is InChI=1S/C24H35N3O3/c1-19-4-2-11-26(19)12-3-17-30-22-9-7-20(8-10-22)23(28)18-25-13-15-27(16-14-25)24(29)21-5-6-21/h7-10,19,21H,2-6,11-18H2,1H3/t19-/m1/s1. The third-order valence-corrected chi connectivity index (χ3v) is 6.70. The zero-order chi connectivity index (χ0) is 20.9. The summed E-state index contributed by atoms with van der Waals surface area (Å²) in [6.07, 6.45) is 5.75. The van der Waals surface area contributed by atoms with Crippen molar-refractivity contribution in [2.24, 2.45) is 5.92 Å². The molecule has 30 heavy (non-hydrogen) atoms. The number of rotatable bonds is 9. The van der Waals surface area contributed by atoms with E-state index >= 15 is 0 Å². The van der Waals surface area contributed by atoms with E-state index in [0.29, 0.717) is 25.1 Å². The second kappa shape index (κ2) is 9.92. The Bertz CT molecular complexity index is 724. The maximum atomic E-state index is 12.6. The summed E-state index contributed by atoms with van der Waals surface area (Å²) < 4.78 is 5.86. The first-order valence-corrected chi connectivity index (χ1v) is 11.6. The molecule has 1 aliphatic carbocycles. The first-order valence-electron chi connectivity index (χ1n) is 11.6. The number of piperazine rings is 1. The molecule has 1 atom stereocenters. The molecule has 2 heterocycles. The monoisotopic (exact) mass is 413 g/mol. The van der Waals surface area contributed by atoms with Gasteiger partial charge in [0.1, 0.15) is 5.75 Å². The Labute approximate surface area is 180 Å². The molecule has 0 aromatic heterocycles. The lowest BCUT2D eigenvalue weighted by atomic mass is 10.1. The molecule has 164 valence electrons. The van der Waals surface area contributed by atoms with Gasteiger partial charge in [-0.15, -0.1) is 0 Å². The van der Waals surface area contributed by atoms with Crippen LogP contribution in [-0.2, 0) is 4.79 Å². The van der Waals surface area contributed by atoms with Crippen molar-refractivity contribution in [1.29, 1.82) is 0 Å². The fourth-order valence-corrected chi connectivity index (χ4v) is 4.53. The summed E-state index contributed by atoms with van der Waals surface area (Å²) in [5.74, 6) is 1.55. The number of nitrogens with zero attached hydrogens (tertiary/aromatic N) is 3. The predicted molar refractivity (Wildman–Crippen MR) is 117 cm³/mol. The highest BCUT2D eigenvalue weighted by atomic mass is 16.5. The topological polar surface area (TPSA) is 53.1 Å². The molecule has 6 nitrogen and oxygen atoms in total. The van der Waals surface area contributed by atoms with E-state index in [1.54, 1.807) is 0 Å². The molecule has 3 fully saturated rings. The average Bonchev–Trinajstić information content (AvgIpc) is 3.54. The quantitative estimate of drug-likeness (QED) is 0.460. The molecule has 1 aromatic carbocycles. The van der Waals surface area contributed by atoms with Crippen molar-refractivity contribution in [2.45, 2.75) is 45.1 Å². The van der Waals surface area contributed by atoms with E-state index < -0.39 is 0 Å². The van der Waals surface area contributed by atoms with Crippen molar-refractivity contribution in [3.63, 3.8) is 0 Å². The minimum absolute atomic E-state index is 0.131. The Morgan fingerprint density at radius 3 is 2.37 bits per heavy atom. The Balaban J connectivity index is 1.15. The van der Waals surface area contributed by atoms with E-state index in [1.807, 2.05) is 29.2 Å². The number of amides is 1. The van der Waals surface area contributed by atoms with Crippen LogP contribution in [0.2, 0.25) is 0 Å². The number of ether oxygens (including phenoxy) is 1. The predicted octanol–water partition coefficient (Wildman–Crippen LogP) is 2.68. The summed E-state index contributed by atoms with van der Waals surface area (Å²) >= 11 is 0. The van der Waals surface area contributed by atoms with Crippen LogP contribution in [0.15, 0.2) is 24.3 Å². The van der Waals surface area contributed by atoms with E-state index in [1.165, 1.54) is 19.4 Å².